The molecule has 8 aromatic carbocycles. The number of furan rings is 1. The van der Waals surface area contributed by atoms with E-state index >= 15 is 0 Å². The van der Waals surface area contributed by atoms with Crippen LogP contribution in [0.2, 0.25) is 0 Å². The minimum absolute atomic E-state index is 0.607. The smallest absolute Gasteiger partial charge is 0.164 e. The van der Waals surface area contributed by atoms with E-state index in [1.807, 2.05) is 66.7 Å². The van der Waals surface area contributed by atoms with Crippen molar-refractivity contribution >= 4 is 65.6 Å². The largest absolute Gasteiger partial charge is 0.456 e. The number of rotatable bonds is 5. The van der Waals surface area contributed by atoms with E-state index in [2.05, 4.69) is 130 Å². The van der Waals surface area contributed by atoms with Crippen LogP contribution in [0.15, 0.2) is 192 Å². The Labute approximate surface area is 326 Å². The molecule has 266 valence electrons. The zero-order valence-corrected chi connectivity index (χ0v) is 30.5. The Morgan fingerprint density at radius 3 is 1.60 bits per heavy atom. The zero-order chi connectivity index (χ0) is 37.5. The van der Waals surface area contributed by atoms with Gasteiger partial charge in [0.2, 0.25) is 0 Å². The summed E-state index contributed by atoms with van der Waals surface area (Å²) in [6.07, 6.45) is 0. The van der Waals surface area contributed by atoms with E-state index < -0.39 is 0 Å². The van der Waals surface area contributed by atoms with Crippen LogP contribution in [0.5, 0.6) is 0 Å². The van der Waals surface area contributed by atoms with Crippen LogP contribution in [0, 0.1) is 0 Å². The van der Waals surface area contributed by atoms with Crippen molar-refractivity contribution in [3.8, 4) is 45.5 Å². The molecule has 6 heteroatoms. The number of hydrogen-bond acceptors (Lipinski definition) is 4. The van der Waals surface area contributed by atoms with Crippen molar-refractivity contribution in [3.05, 3.63) is 188 Å². The minimum atomic E-state index is 0.607. The van der Waals surface area contributed by atoms with Gasteiger partial charge >= 0.3 is 0 Å². The Morgan fingerprint density at radius 2 is 0.877 bits per heavy atom. The molecule has 6 nitrogen and oxygen atoms in total. The van der Waals surface area contributed by atoms with E-state index in [1.54, 1.807) is 0 Å². The molecule has 0 radical (unpaired) electrons. The maximum absolute atomic E-state index is 6.53. The highest BCUT2D eigenvalue weighted by atomic mass is 16.3. The monoisotopic (exact) mass is 729 g/mol. The van der Waals surface area contributed by atoms with Crippen molar-refractivity contribution in [2.45, 2.75) is 0 Å². The summed E-state index contributed by atoms with van der Waals surface area (Å²) >= 11 is 0. The second kappa shape index (κ2) is 12.3. The average Bonchev–Trinajstić information content (AvgIpc) is 3.95. The second-order valence-corrected chi connectivity index (χ2v) is 14.4. The van der Waals surface area contributed by atoms with Crippen molar-refractivity contribution < 1.29 is 4.42 Å². The van der Waals surface area contributed by atoms with Crippen LogP contribution in [-0.2, 0) is 0 Å². The number of fused-ring (bicyclic) bond motifs is 11. The molecule has 0 saturated carbocycles. The Bertz CT molecular complexity index is 3450. The number of benzene rings is 8. The first-order valence-corrected chi connectivity index (χ1v) is 19.1. The third kappa shape index (κ3) is 4.81. The Balaban J connectivity index is 1.21. The molecule has 4 heterocycles. The number of aromatic nitrogens is 5. The average molecular weight is 730 g/mol. The van der Waals surface area contributed by atoms with Gasteiger partial charge in [0.25, 0.3) is 0 Å². The van der Waals surface area contributed by atoms with Gasteiger partial charge in [-0.3, -0.25) is 0 Å². The highest BCUT2D eigenvalue weighted by molar-refractivity contribution is 6.30. The molecule has 57 heavy (non-hydrogen) atoms. The van der Waals surface area contributed by atoms with Gasteiger partial charge < -0.3 is 13.6 Å². The fourth-order valence-corrected chi connectivity index (χ4v) is 8.69. The molecule has 0 N–H and O–H groups in total. The van der Waals surface area contributed by atoms with Crippen LogP contribution in [0.3, 0.4) is 0 Å². The molecule has 0 aliphatic carbocycles. The third-order valence-corrected chi connectivity index (χ3v) is 11.1. The van der Waals surface area contributed by atoms with Crippen LogP contribution < -0.4 is 0 Å². The molecule has 0 bridgehead atoms. The SMILES string of the molecule is c1ccc(-c2nc(-c3ccccc3)nc(-c3cccc(-n4c5c(ccc6oc7ccccc7c65)c5ccc6c(c7ccccc7n6-c6ccccc6)c54)c3)n2)cc1. The predicted molar refractivity (Wildman–Crippen MR) is 232 cm³/mol. The summed E-state index contributed by atoms with van der Waals surface area (Å²) in [7, 11) is 0. The Morgan fingerprint density at radius 1 is 0.333 bits per heavy atom. The molecule has 12 rings (SSSR count). The number of hydrogen-bond donors (Lipinski definition) is 0. The quantitative estimate of drug-likeness (QED) is 0.177. The lowest BCUT2D eigenvalue weighted by molar-refractivity contribution is 0.669. The normalized spacial score (nSPS) is 11.9. The summed E-state index contributed by atoms with van der Waals surface area (Å²) in [6.45, 7) is 0. The zero-order valence-electron chi connectivity index (χ0n) is 30.5. The molecule has 0 unspecified atom stereocenters. The number of nitrogens with zero attached hydrogens (tertiary/aromatic N) is 5. The molecule has 4 aromatic heterocycles. The van der Waals surface area contributed by atoms with E-state index in [4.69, 9.17) is 19.4 Å². The summed E-state index contributed by atoms with van der Waals surface area (Å²) in [5.41, 5.74) is 11.1. The van der Waals surface area contributed by atoms with Gasteiger partial charge in [0.15, 0.2) is 17.5 Å². The van der Waals surface area contributed by atoms with Gasteiger partial charge in [0, 0.05) is 55.0 Å². The van der Waals surface area contributed by atoms with Crippen LogP contribution in [-0.4, -0.2) is 24.1 Å². The van der Waals surface area contributed by atoms with E-state index in [9.17, 15) is 0 Å². The lowest BCUT2D eigenvalue weighted by Crippen LogP contribution is -2.01. The first kappa shape index (κ1) is 31.5. The molecule has 0 atom stereocenters. The van der Waals surface area contributed by atoms with Crippen molar-refractivity contribution in [3.63, 3.8) is 0 Å². The maximum Gasteiger partial charge on any atom is 0.164 e. The summed E-state index contributed by atoms with van der Waals surface area (Å²) in [6, 6.07) is 65.5. The van der Waals surface area contributed by atoms with Gasteiger partial charge in [-0.05, 0) is 54.6 Å². The fourth-order valence-electron chi connectivity index (χ4n) is 8.69. The van der Waals surface area contributed by atoms with Gasteiger partial charge in [-0.15, -0.1) is 0 Å². The summed E-state index contributed by atoms with van der Waals surface area (Å²) < 4.78 is 11.4. The van der Waals surface area contributed by atoms with Crippen molar-refractivity contribution in [1.82, 2.24) is 24.1 Å². The van der Waals surface area contributed by atoms with Crippen molar-refractivity contribution in [2.24, 2.45) is 0 Å². The maximum atomic E-state index is 6.53. The van der Waals surface area contributed by atoms with E-state index in [0.717, 1.165) is 77.5 Å². The molecular formula is C51H31N5O. The summed E-state index contributed by atoms with van der Waals surface area (Å²) in [5, 5.41) is 6.87. The molecule has 0 spiro atoms. The van der Waals surface area contributed by atoms with Crippen LogP contribution in [0.4, 0.5) is 0 Å². The second-order valence-electron chi connectivity index (χ2n) is 14.4. The van der Waals surface area contributed by atoms with Crippen molar-refractivity contribution in [2.75, 3.05) is 0 Å². The first-order valence-electron chi connectivity index (χ1n) is 19.1. The predicted octanol–water partition coefficient (Wildman–Crippen LogP) is 13.0. The molecule has 0 aliphatic heterocycles. The summed E-state index contributed by atoms with van der Waals surface area (Å²) in [4.78, 5) is 15.2. The molecule has 0 fully saturated rings. The standard InChI is InChI=1S/C51H31N5O/c1-4-15-32(16-5-1)49-52-50(33-17-6-2-7-18-33)54-51(53-49)34-19-14-22-36(31-34)56-47-37(38-28-30-44-46(48(38)56)40-24-11-13-26-43(40)57-44)27-29-42-45(47)39-23-10-12-25-41(39)55(42)35-20-8-3-9-21-35/h1-31H. The van der Waals surface area contributed by atoms with Crippen LogP contribution >= 0.6 is 0 Å². The van der Waals surface area contributed by atoms with Crippen LogP contribution in [0.1, 0.15) is 0 Å². The number of para-hydroxylation sites is 3. The van der Waals surface area contributed by atoms with Gasteiger partial charge in [0.1, 0.15) is 11.2 Å². The van der Waals surface area contributed by atoms with Gasteiger partial charge in [-0.2, -0.15) is 0 Å². The molecular weight excluding hydrogens is 699 g/mol. The highest BCUT2D eigenvalue weighted by Gasteiger charge is 2.24. The third-order valence-electron chi connectivity index (χ3n) is 11.1. The van der Waals surface area contributed by atoms with Gasteiger partial charge in [-0.25, -0.2) is 15.0 Å². The first-order chi connectivity index (χ1) is 28.3. The van der Waals surface area contributed by atoms with E-state index in [-0.39, 0.29) is 0 Å². The highest BCUT2D eigenvalue weighted by Crippen LogP contribution is 2.45. The van der Waals surface area contributed by atoms with Gasteiger partial charge in [-0.1, -0.05) is 133 Å². The lowest BCUT2D eigenvalue weighted by atomic mass is 10.1. The lowest BCUT2D eigenvalue weighted by Gasteiger charge is -2.13. The van der Waals surface area contributed by atoms with E-state index in [0.29, 0.717) is 17.5 Å². The molecule has 0 aliphatic rings. The molecule has 12 aromatic rings. The minimum Gasteiger partial charge on any atom is -0.456 e. The molecule has 0 amide bonds. The van der Waals surface area contributed by atoms with Crippen LogP contribution in [0.25, 0.3) is 111 Å². The van der Waals surface area contributed by atoms with Crippen molar-refractivity contribution in [1.29, 1.82) is 0 Å². The Hall–Kier alpha value is -7.83. The molecule has 0 saturated heterocycles. The Kier molecular flexibility index (Phi) is 6.83. The summed E-state index contributed by atoms with van der Waals surface area (Å²) in [5.74, 6) is 1.86. The fraction of sp³-hybridized carbons (Fsp3) is 0. The van der Waals surface area contributed by atoms with Gasteiger partial charge in [0.05, 0.1) is 27.5 Å². The topological polar surface area (TPSA) is 61.7 Å². The van der Waals surface area contributed by atoms with E-state index in [1.165, 1.54) is 16.2 Å².